The van der Waals surface area contributed by atoms with E-state index in [4.69, 9.17) is 4.74 Å². The first-order chi connectivity index (χ1) is 13.9. The summed E-state index contributed by atoms with van der Waals surface area (Å²) in [4.78, 5) is 24.0. The van der Waals surface area contributed by atoms with Crippen LogP contribution in [0.2, 0.25) is 0 Å². The van der Waals surface area contributed by atoms with Crippen molar-refractivity contribution in [2.24, 2.45) is 0 Å². The van der Waals surface area contributed by atoms with Crippen LogP contribution >= 0.6 is 11.3 Å². The fraction of sp³-hybridized carbons (Fsp3) is 0.100. The summed E-state index contributed by atoms with van der Waals surface area (Å²) in [7, 11) is 0. The molecule has 9 heteroatoms. The highest BCUT2D eigenvalue weighted by Crippen LogP contribution is 2.31. The molecule has 4 aromatic rings. The van der Waals surface area contributed by atoms with Crippen LogP contribution in [0.5, 0.6) is 0 Å². The molecule has 0 N–H and O–H groups in total. The number of aryl methyl sites for hydroxylation is 1. The highest BCUT2D eigenvalue weighted by Gasteiger charge is 2.18. The van der Waals surface area contributed by atoms with E-state index in [2.05, 4.69) is 5.10 Å². The molecular weight excluding hydrogens is 397 g/mol. The van der Waals surface area contributed by atoms with Crippen molar-refractivity contribution in [3.63, 3.8) is 0 Å². The number of halogens is 1. The van der Waals surface area contributed by atoms with Crippen LogP contribution in [0, 0.1) is 22.9 Å². The van der Waals surface area contributed by atoms with Gasteiger partial charge < -0.3 is 4.74 Å². The predicted octanol–water partition coefficient (Wildman–Crippen LogP) is 4.80. The van der Waals surface area contributed by atoms with Gasteiger partial charge in [0.1, 0.15) is 22.1 Å². The third kappa shape index (κ3) is 3.72. The molecule has 0 aliphatic carbocycles. The van der Waals surface area contributed by atoms with Gasteiger partial charge in [0.25, 0.3) is 5.69 Å². The number of fused-ring (bicyclic) bond motifs is 1. The summed E-state index contributed by atoms with van der Waals surface area (Å²) in [5.41, 5.74) is 1.89. The van der Waals surface area contributed by atoms with Crippen LogP contribution in [0.3, 0.4) is 0 Å². The van der Waals surface area contributed by atoms with Gasteiger partial charge in [0.05, 0.1) is 16.3 Å². The van der Waals surface area contributed by atoms with E-state index in [0.29, 0.717) is 16.1 Å². The van der Waals surface area contributed by atoms with Gasteiger partial charge in [-0.2, -0.15) is 5.10 Å². The minimum atomic E-state index is -0.525. The maximum atomic E-state index is 13.2. The third-order valence-corrected chi connectivity index (χ3v) is 5.40. The number of thiophene rings is 1. The molecule has 7 nitrogen and oxygen atoms in total. The molecule has 2 aromatic carbocycles. The monoisotopic (exact) mass is 411 g/mol. The summed E-state index contributed by atoms with van der Waals surface area (Å²) < 4.78 is 20.2. The molecule has 0 aliphatic heterocycles. The number of rotatable bonds is 5. The molecule has 2 heterocycles. The Balaban J connectivity index is 1.57. The van der Waals surface area contributed by atoms with Crippen molar-refractivity contribution in [3.05, 3.63) is 86.7 Å². The Kier molecular flexibility index (Phi) is 4.81. The highest BCUT2D eigenvalue weighted by molar-refractivity contribution is 7.20. The number of nitrogens with zero attached hydrogens (tertiary/aromatic N) is 3. The van der Waals surface area contributed by atoms with Crippen LogP contribution in [0.4, 0.5) is 10.1 Å². The van der Waals surface area contributed by atoms with E-state index in [0.717, 1.165) is 15.9 Å². The van der Waals surface area contributed by atoms with E-state index < -0.39 is 10.9 Å². The molecule has 0 atom stereocenters. The number of carbonyl (C=O) groups excluding carboxylic acids is 1. The second-order valence-corrected chi connectivity index (χ2v) is 7.34. The number of aromatic nitrogens is 2. The van der Waals surface area contributed by atoms with E-state index in [1.54, 1.807) is 35.0 Å². The fourth-order valence-electron chi connectivity index (χ4n) is 2.88. The van der Waals surface area contributed by atoms with E-state index >= 15 is 0 Å². The van der Waals surface area contributed by atoms with Gasteiger partial charge in [-0.15, -0.1) is 11.3 Å². The molecule has 29 heavy (non-hydrogen) atoms. The maximum Gasteiger partial charge on any atom is 0.348 e. The Bertz CT molecular complexity index is 1230. The van der Waals surface area contributed by atoms with Crippen LogP contribution in [-0.4, -0.2) is 20.7 Å². The standard InChI is InChI=1S/C20H14FN3O4S/c1-12-17-10-18(20(25)28-11-13-3-2-4-16(9-13)24(26)27)29-19(17)23(22-12)15-7-5-14(21)6-8-15/h2-10H,11H2,1H3. The zero-order valence-corrected chi connectivity index (χ0v) is 16.0. The van der Waals surface area contributed by atoms with Gasteiger partial charge in [-0.3, -0.25) is 10.1 Å². The van der Waals surface area contributed by atoms with Crippen LogP contribution in [0.15, 0.2) is 54.6 Å². The Morgan fingerprint density at radius 1 is 1.24 bits per heavy atom. The van der Waals surface area contributed by atoms with E-state index in [-0.39, 0.29) is 18.1 Å². The molecule has 0 amide bonds. The first-order valence-electron chi connectivity index (χ1n) is 8.58. The molecule has 146 valence electrons. The Labute approximate surface area is 168 Å². The smallest absolute Gasteiger partial charge is 0.348 e. The number of carbonyl (C=O) groups is 1. The number of benzene rings is 2. The first kappa shape index (κ1) is 18.8. The lowest BCUT2D eigenvalue weighted by Gasteiger charge is -2.04. The second kappa shape index (κ2) is 7.44. The highest BCUT2D eigenvalue weighted by atomic mass is 32.1. The van der Waals surface area contributed by atoms with Crippen LogP contribution in [0.25, 0.3) is 15.9 Å². The van der Waals surface area contributed by atoms with Gasteiger partial charge in [0.2, 0.25) is 0 Å². The number of nitro groups is 1. The third-order valence-electron chi connectivity index (χ3n) is 4.31. The summed E-state index contributed by atoms with van der Waals surface area (Å²) in [5, 5.41) is 16.1. The normalized spacial score (nSPS) is 11.0. The van der Waals surface area contributed by atoms with Gasteiger partial charge in [0, 0.05) is 17.5 Å². The molecule has 0 saturated carbocycles. The maximum absolute atomic E-state index is 13.2. The van der Waals surface area contributed by atoms with Crippen molar-refractivity contribution in [3.8, 4) is 5.69 Å². The molecule has 0 spiro atoms. The average Bonchev–Trinajstić information content (AvgIpc) is 3.28. The number of hydrogen-bond donors (Lipinski definition) is 0. The summed E-state index contributed by atoms with van der Waals surface area (Å²) >= 11 is 1.22. The van der Waals surface area contributed by atoms with E-state index in [9.17, 15) is 19.3 Å². The summed E-state index contributed by atoms with van der Waals surface area (Å²) in [6.45, 7) is 1.76. The van der Waals surface area contributed by atoms with E-state index in [1.807, 2.05) is 6.92 Å². The minimum Gasteiger partial charge on any atom is -0.457 e. The lowest BCUT2D eigenvalue weighted by atomic mass is 10.2. The van der Waals surface area contributed by atoms with E-state index in [1.165, 1.54) is 35.6 Å². The average molecular weight is 411 g/mol. The molecule has 0 saturated heterocycles. The lowest BCUT2D eigenvalue weighted by Crippen LogP contribution is -2.03. The Hall–Kier alpha value is -3.59. The quantitative estimate of drug-likeness (QED) is 0.267. The van der Waals surface area contributed by atoms with Crippen molar-refractivity contribution in [2.45, 2.75) is 13.5 Å². The molecule has 0 aliphatic rings. The van der Waals surface area contributed by atoms with Crippen molar-refractivity contribution in [1.82, 2.24) is 9.78 Å². The van der Waals surface area contributed by atoms with Gasteiger partial charge in [-0.05, 0) is 42.8 Å². The fourth-order valence-corrected chi connectivity index (χ4v) is 3.96. The summed E-state index contributed by atoms with van der Waals surface area (Å²) in [5.74, 6) is -0.867. The predicted molar refractivity (Wildman–Crippen MR) is 106 cm³/mol. The minimum absolute atomic E-state index is 0.0598. The van der Waals surface area contributed by atoms with Gasteiger partial charge in [0.15, 0.2) is 0 Å². The zero-order valence-electron chi connectivity index (χ0n) is 15.2. The topological polar surface area (TPSA) is 87.3 Å². The van der Waals surface area contributed by atoms with Gasteiger partial charge >= 0.3 is 5.97 Å². The number of hydrogen-bond acceptors (Lipinski definition) is 6. The number of ether oxygens (including phenoxy) is 1. The summed E-state index contributed by atoms with van der Waals surface area (Å²) in [6, 6.07) is 13.6. The molecule has 4 rings (SSSR count). The van der Waals surface area contributed by atoms with Gasteiger partial charge in [-0.25, -0.2) is 13.9 Å². The molecule has 2 aromatic heterocycles. The molecular formula is C20H14FN3O4S. The lowest BCUT2D eigenvalue weighted by molar-refractivity contribution is -0.384. The SMILES string of the molecule is Cc1nn(-c2ccc(F)cc2)c2sc(C(=O)OCc3cccc([N+](=O)[O-])c3)cc12. The number of non-ortho nitro benzene ring substituents is 1. The number of nitro benzene ring substituents is 1. The first-order valence-corrected chi connectivity index (χ1v) is 9.39. The molecule has 0 bridgehead atoms. The second-order valence-electron chi connectivity index (χ2n) is 6.31. The Morgan fingerprint density at radius 2 is 2.00 bits per heavy atom. The molecule has 0 radical (unpaired) electrons. The van der Waals surface area contributed by atoms with Crippen molar-refractivity contribution < 1.29 is 18.8 Å². The zero-order chi connectivity index (χ0) is 20.5. The van der Waals surface area contributed by atoms with Crippen LogP contribution in [-0.2, 0) is 11.3 Å². The van der Waals surface area contributed by atoms with Crippen molar-refractivity contribution in [1.29, 1.82) is 0 Å². The largest absolute Gasteiger partial charge is 0.457 e. The molecule has 0 fully saturated rings. The van der Waals surface area contributed by atoms with Crippen molar-refractivity contribution >= 4 is 33.2 Å². The Morgan fingerprint density at radius 3 is 2.72 bits per heavy atom. The molecule has 0 unspecified atom stereocenters. The van der Waals surface area contributed by atoms with Gasteiger partial charge in [-0.1, -0.05) is 12.1 Å². The number of esters is 1. The summed E-state index contributed by atoms with van der Waals surface area (Å²) in [6.07, 6.45) is 0. The van der Waals surface area contributed by atoms with Crippen LogP contribution < -0.4 is 0 Å². The van der Waals surface area contributed by atoms with Crippen molar-refractivity contribution in [2.75, 3.05) is 0 Å². The van der Waals surface area contributed by atoms with Crippen LogP contribution in [0.1, 0.15) is 20.9 Å².